The molecule has 1 unspecified atom stereocenters. The first-order valence-corrected chi connectivity index (χ1v) is 11.4. The van der Waals surface area contributed by atoms with E-state index in [1.54, 1.807) is 6.07 Å². The van der Waals surface area contributed by atoms with Crippen LogP contribution in [0.2, 0.25) is 10.0 Å². The number of nitrogens with zero attached hydrogens (tertiary/aromatic N) is 5. The van der Waals surface area contributed by atoms with Gasteiger partial charge < -0.3 is 0 Å². The maximum absolute atomic E-state index is 6.51. The van der Waals surface area contributed by atoms with E-state index in [1.807, 2.05) is 35.3 Å². The fraction of sp³-hybridized carbons (Fsp3) is 0.409. The Hall–Kier alpha value is -1.73. The summed E-state index contributed by atoms with van der Waals surface area (Å²) in [5.41, 5.74) is 2.08. The predicted octanol–water partition coefficient (Wildman–Crippen LogP) is 6.23. The molecule has 30 heavy (non-hydrogen) atoms. The summed E-state index contributed by atoms with van der Waals surface area (Å²) in [5, 5.41) is 6.09. The van der Waals surface area contributed by atoms with Crippen LogP contribution in [0.25, 0.3) is 11.4 Å². The fourth-order valence-corrected chi connectivity index (χ4v) is 4.80. The summed E-state index contributed by atoms with van der Waals surface area (Å²) >= 11 is 18.5. The van der Waals surface area contributed by atoms with Gasteiger partial charge in [0.15, 0.2) is 10.6 Å². The molecule has 8 heteroatoms. The number of likely N-dealkylation sites (tertiary alicyclic amines) is 1. The molecule has 0 saturated carbocycles. The summed E-state index contributed by atoms with van der Waals surface area (Å²) < 4.78 is 4.72. The molecule has 158 valence electrons. The lowest BCUT2D eigenvalue weighted by atomic mass is 10.1. The van der Waals surface area contributed by atoms with Crippen LogP contribution in [0.15, 0.2) is 42.7 Å². The molecular weight excluding hydrogens is 437 g/mol. The van der Waals surface area contributed by atoms with E-state index in [0.29, 0.717) is 33.4 Å². The average molecular weight is 462 g/mol. The van der Waals surface area contributed by atoms with Crippen molar-refractivity contribution in [3.63, 3.8) is 0 Å². The third-order valence-corrected chi connectivity index (χ3v) is 6.37. The number of halogens is 2. The molecular formula is C22H25Cl2N5S. The van der Waals surface area contributed by atoms with Gasteiger partial charge in [0, 0.05) is 42.1 Å². The molecule has 0 bridgehead atoms. The SMILES string of the molecule is CC(C)Cn1c(-c2ccc(Cl)cc2Cl)nn(CN2CCCC2c2cccnc2)c1=S. The molecule has 3 heterocycles. The molecule has 0 aliphatic carbocycles. The van der Waals surface area contributed by atoms with E-state index < -0.39 is 0 Å². The first-order chi connectivity index (χ1) is 14.4. The zero-order valence-electron chi connectivity index (χ0n) is 17.1. The second-order valence-corrected chi connectivity index (χ2v) is 9.34. The van der Waals surface area contributed by atoms with E-state index in [-0.39, 0.29) is 0 Å². The Labute approximate surface area is 192 Å². The fourth-order valence-electron chi connectivity index (χ4n) is 4.05. The Bertz CT molecular complexity index is 1080. The Morgan fingerprint density at radius 2 is 2.07 bits per heavy atom. The monoisotopic (exact) mass is 461 g/mol. The van der Waals surface area contributed by atoms with E-state index in [4.69, 9.17) is 40.5 Å². The van der Waals surface area contributed by atoms with E-state index >= 15 is 0 Å². The molecule has 1 aliphatic rings. The van der Waals surface area contributed by atoms with Crippen molar-refractivity contribution < 1.29 is 0 Å². The average Bonchev–Trinajstić information content (AvgIpc) is 3.29. The van der Waals surface area contributed by atoms with Crippen LogP contribution in [0.1, 0.15) is 38.3 Å². The standard InChI is InChI=1S/C22H25Cl2N5S/c1-15(2)13-28-21(18-8-7-17(23)11-19(18)24)26-29(22(28)30)14-27-10-4-6-20(27)16-5-3-9-25-12-16/h3,5,7-9,11-12,15,20H,4,6,10,13-14H2,1-2H3. The molecule has 0 spiro atoms. The summed E-state index contributed by atoms with van der Waals surface area (Å²) in [4.78, 5) is 6.72. The minimum Gasteiger partial charge on any atom is -0.300 e. The largest absolute Gasteiger partial charge is 0.300 e. The zero-order valence-corrected chi connectivity index (χ0v) is 19.5. The summed E-state index contributed by atoms with van der Waals surface area (Å²) in [6.45, 7) is 6.77. The van der Waals surface area contributed by atoms with Gasteiger partial charge in [-0.1, -0.05) is 43.1 Å². The first-order valence-electron chi connectivity index (χ1n) is 10.2. The van der Waals surface area contributed by atoms with Crippen molar-refractivity contribution in [3.8, 4) is 11.4 Å². The number of benzene rings is 1. The van der Waals surface area contributed by atoms with Gasteiger partial charge in [-0.05, 0) is 60.8 Å². The number of hydrogen-bond donors (Lipinski definition) is 0. The number of pyridine rings is 1. The second kappa shape index (κ2) is 9.18. The second-order valence-electron chi connectivity index (χ2n) is 8.13. The molecule has 5 nitrogen and oxygen atoms in total. The van der Waals surface area contributed by atoms with Crippen LogP contribution < -0.4 is 0 Å². The summed E-state index contributed by atoms with van der Waals surface area (Å²) in [5.74, 6) is 1.21. The molecule has 3 aromatic rings. The highest BCUT2D eigenvalue weighted by molar-refractivity contribution is 7.71. The van der Waals surface area contributed by atoms with Crippen molar-refractivity contribution in [2.45, 2.75) is 45.9 Å². The van der Waals surface area contributed by atoms with Crippen molar-refractivity contribution in [2.24, 2.45) is 5.92 Å². The Balaban J connectivity index is 1.70. The van der Waals surface area contributed by atoms with Crippen LogP contribution in [0.4, 0.5) is 0 Å². The minimum absolute atomic E-state index is 0.332. The lowest BCUT2D eigenvalue weighted by Gasteiger charge is -2.24. The van der Waals surface area contributed by atoms with Gasteiger partial charge in [-0.15, -0.1) is 0 Å². The van der Waals surface area contributed by atoms with Gasteiger partial charge in [0.05, 0.1) is 11.7 Å². The minimum atomic E-state index is 0.332. The van der Waals surface area contributed by atoms with E-state index in [0.717, 1.165) is 37.3 Å². The Morgan fingerprint density at radius 3 is 2.77 bits per heavy atom. The highest BCUT2D eigenvalue weighted by Crippen LogP contribution is 2.33. The maximum Gasteiger partial charge on any atom is 0.199 e. The third kappa shape index (κ3) is 4.47. The highest BCUT2D eigenvalue weighted by atomic mass is 35.5. The van der Waals surface area contributed by atoms with Crippen molar-refractivity contribution in [1.82, 2.24) is 24.2 Å². The quantitative estimate of drug-likeness (QED) is 0.407. The Morgan fingerprint density at radius 1 is 1.23 bits per heavy atom. The van der Waals surface area contributed by atoms with Gasteiger partial charge >= 0.3 is 0 Å². The van der Waals surface area contributed by atoms with E-state index in [9.17, 15) is 0 Å². The lowest BCUT2D eigenvalue weighted by molar-refractivity contribution is 0.189. The van der Waals surface area contributed by atoms with Gasteiger partial charge in [0.2, 0.25) is 0 Å². The van der Waals surface area contributed by atoms with E-state index in [1.165, 1.54) is 5.56 Å². The van der Waals surface area contributed by atoms with Gasteiger partial charge in [-0.25, -0.2) is 4.68 Å². The molecule has 4 rings (SSSR count). The molecule has 1 aromatic carbocycles. The van der Waals surface area contributed by atoms with Crippen molar-refractivity contribution in [3.05, 3.63) is 63.1 Å². The van der Waals surface area contributed by atoms with Crippen LogP contribution in [0, 0.1) is 10.7 Å². The predicted molar refractivity (Wildman–Crippen MR) is 124 cm³/mol. The zero-order chi connectivity index (χ0) is 21.3. The van der Waals surface area contributed by atoms with Crippen LogP contribution in [-0.4, -0.2) is 30.8 Å². The molecule has 0 N–H and O–H groups in total. The summed E-state index contributed by atoms with van der Waals surface area (Å²) in [6.07, 6.45) is 6.03. The molecule has 0 amide bonds. The van der Waals surface area contributed by atoms with Gasteiger partial charge in [0.1, 0.15) is 0 Å². The van der Waals surface area contributed by atoms with Crippen LogP contribution in [-0.2, 0) is 13.2 Å². The smallest absolute Gasteiger partial charge is 0.199 e. The molecule has 2 aromatic heterocycles. The third-order valence-electron chi connectivity index (χ3n) is 5.39. The molecule has 1 fully saturated rings. The van der Waals surface area contributed by atoms with Crippen LogP contribution >= 0.6 is 35.4 Å². The molecule has 1 aliphatic heterocycles. The van der Waals surface area contributed by atoms with Crippen LogP contribution in [0.3, 0.4) is 0 Å². The normalized spacial score (nSPS) is 17.2. The van der Waals surface area contributed by atoms with Crippen molar-refractivity contribution in [2.75, 3.05) is 6.54 Å². The summed E-state index contributed by atoms with van der Waals surface area (Å²) in [6, 6.07) is 9.97. The molecule has 1 atom stereocenters. The molecule has 1 saturated heterocycles. The number of rotatable bonds is 6. The van der Waals surface area contributed by atoms with Gasteiger partial charge in [-0.2, -0.15) is 5.10 Å². The van der Waals surface area contributed by atoms with Gasteiger partial charge in [0.25, 0.3) is 0 Å². The highest BCUT2D eigenvalue weighted by Gasteiger charge is 2.27. The first kappa shape index (κ1) is 21.5. The summed E-state index contributed by atoms with van der Waals surface area (Å²) in [7, 11) is 0. The van der Waals surface area contributed by atoms with Crippen molar-refractivity contribution >= 4 is 35.4 Å². The van der Waals surface area contributed by atoms with Crippen molar-refractivity contribution in [1.29, 1.82) is 0 Å². The topological polar surface area (TPSA) is 38.9 Å². The molecule has 0 radical (unpaired) electrons. The number of hydrogen-bond acceptors (Lipinski definition) is 4. The van der Waals surface area contributed by atoms with E-state index in [2.05, 4.69) is 34.4 Å². The lowest BCUT2D eigenvalue weighted by Crippen LogP contribution is -2.27. The van der Waals surface area contributed by atoms with Crippen LogP contribution in [0.5, 0.6) is 0 Å². The number of aromatic nitrogens is 4. The van der Waals surface area contributed by atoms with Gasteiger partial charge in [-0.3, -0.25) is 14.5 Å². The Kier molecular flexibility index (Phi) is 6.58. The maximum atomic E-state index is 6.51.